The molecular formula is C19H31N5O. The standard InChI is InChI=1S/C19H31N5O/c1-19(8-6-12-25-19)15-23-18(20-2)22-14-16-7-9-21-17(13-16)24-10-4-3-5-11-24/h7,9,13H,3-6,8,10-12,14-15H2,1-2H3,(H2,20,22,23). The largest absolute Gasteiger partial charge is 0.373 e. The third-order valence-corrected chi connectivity index (χ3v) is 5.10. The van der Waals surface area contributed by atoms with E-state index in [0.717, 1.165) is 57.4 Å². The van der Waals surface area contributed by atoms with E-state index in [9.17, 15) is 0 Å². The number of ether oxygens (including phenoxy) is 1. The van der Waals surface area contributed by atoms with E-state index >= 15 is 0 Å². The van der Waals surface area contributed by atoms with Crippen LogP contribution in [0.15, 0.2) is 23.3 Å². The zero-order valence-corrected chi connectivity index (χ0v) is 15.6. The van der Waals surface area contributed by atoms with E-state index < -0.39 is 0 Å². The number of anilines is 1. The lowest BCUT2D eigenvalue weighted by molar-refractivity contribution is 0.0243. The lowest BCUT2D eigenvalue weighted by Gasteiger charge is -2.28. The van der Waals surface area contributed by atoms with Crippen LogP contribution in [0.1, 0.15) is 44.6 Å². The first-order valence-corrected chi connectivity index (χ1v) is 9.47. The molecule has 25 heavy (non-hydrogen) atoms. The Morgan fingerprint density at radius 3 is 2.84 bits per heavy atom. The molecule has 6 nitrogen and oxygen atoms in total. The van der Waals surface area contributed by atoms with Crippen molar-refractivity contribution in [3.8, 4) is 0 Å². The van der Waals surface area contributed by atoms with E-state index in [1.165, 1.54) is 24.8 Å². The molecule has 2 saturated heterocycles. The summed E-state index contributed by atoms with van der Waals surface area (Å²) in [6, 6.07) is 4.25. The molecule has 0 amide bonds. The summed E-state index contributed by atoms with van der Waals surface area (Å²) in [4.78, 5) is 11.3. The van der Waals surface area contributed by atoms with Crippen LogP contribution in [-0.4, -0.2) is 49.8 Å². The van der Waals surface area contributed by atoms with Gasteiger partial charge in [-0.15, -0.1) is 0 Å². The number of hydrogen-bond donors (Lipinski definition) is 2. The number of nitrogens with zero attached hydrogens (tertiary/aromatic N) is 3. The van der Waals surface area contributed by atoms with Crippen LogP contribution in [-0.2, 0) is 11.3 Å². The maximum absolute atomic E-state index is 5.82. The quantitative estimate of drug-likeness (QED) is 0.633. The molecule has 1 unspecified atom stereocenters. The highest BCUT2D eigenvalue weighted by molar-refractivity contribution is 5.79. The molecule has 0 aliphatic carbocycles. The Balaban J connectivity index is 1.51. The van der Waals surface area contributed by atoms with Crippen LogP contribution in [0.4, 0.5) is 5.82 Å². The van der Waals surface area contributed by atoms with Crippen molar-refractivity contribution in [2.75, 3.05) is 38.2 Å². The Kier molecular flexibility index (Phi) is 6.13. The number of nitrogens with one attached hydrogen (secondary N) is 2. The fourth-order valence-electron chi connectivity index (χ4n) is 3.52. The Labute approximate surface area is 151 Å². The van der Waals surface area contributed by atoms with E-state index in [1.807, 2.05) is 6.20 Å². The predicted octanol–water partition coefficient (Wildman–Crippen LogP) is 2.31. The monoisotopic (exact) mass is 345 g/mol. The second kappa shape index (κ2) is 8.52. The SMILES string of the molecule is CN=C(NCc1ccnc(N2CCCCC2)c1)NCC1(C)CCCO1. The summed E-state index contributed by atoms with van der Waals surface area (Å²) >= 11 is 0. The van der Waals surface area contributed by atoms with Gasteiger partial charge in [0.05, 0.1) is 5.60 Å². The van der Waals surface area contributed by atoms with Crippen molar-refractivity contribution in [1.29, 1.82) is 0 Å². The summed E-state index contributed by atoms with van der Waals surface area (Å²) in [5.74, 6) is 1.90. The van der Waals surface area contributed by atoms with Gasteiger partial charge in [-0.05, 0) is 56.7 Å². The van der Waals surface area contributed by atoms with Gasteiger partial charge >= 0.3 is 0 Å². The molecule has 2 aliphatic rings. The van der Waals surface area contributed by atoms with Gasteiger partial charge in [0.25, 0.3) is 0 Å². The van der Waals surface area contributed by atoms with E-state index in [-0.39, 0.29) is 5.60 Å². The molecule has 2 fully saturated rings. The first-order chi connectivity index (χ1) is 12.2. The molecule has 0 saturated carbocycles. The van der Waals surface area contributed by atoms with Gasteiger partial charge in [-0.1, -0.05) is 0 Å². The number of piperidine rings is 1. The maximum Gasteiger partial charge on any atom is 0.191 e. The lowest BCUT2D eigenvalue weighted by atomic mass is 10.0. The van der Waals surface area contributed by atoms with Crippen LogP contribution < -0.4 is 15.5 Å². The third kappa shape index (κ3) is 5.08. The smallest absolute Gasteiger partial charge is 0.191 e. The van der Waals surface area contributed by atoms with Crippen LogP contribution in [0.2, 0.25) is 0 Å². The van der Waals surface area contributed by atoms with Gasteiger partial charge in [-0.25, -0.2) is 4.98 Å². The van der Waals surface area contributed by atoms with Crippen LogP contribution in [0.25, 0.3) is 0 Å². The third-order valence-electron chi connectivity index (χ3n) is 5.10. The summed E-state index contributed by atoms with van der Waals surface area (Å²) in [5, 5.41) is 6.78. The van der Waals surface area contributed by atoms with Crippen LogP contribution in [0, 0.1) is 0 Å². The molecule has 2 N–H and O–H groups in total. The average molecular weight is 345 g/mol. The molecule has 0 spiro atoms. The Morgan fingerprint density at radius 2 is 2.12 bits per heavy atom. The molecule has 0 bridgehead atoms. The molecule has 6 heteroatoms. The molecule has 2 aliphatic heterocycles. The second-order valence-electron chi connectivity index (χ2n) is 7.25. The first kappa shape index (κ1) is 18.0. The topological polar surface area (TPSA) is 61.8 Å². The number of guanidine groups is 1. The minimum Gasteiger partial charge on any atom is -0.373 e. The molecule has 3 heterocycles. The Bertz CT molecular complexity index is 577. The van der Waals surface area contributed by atoms with Crippen LogP contribution >= 0.6 is 0 Å². The van der Waals surface area contributed by atoms with Crippen molar-refractivity contribution in [1.82, 2.24) is 15.6 Å². The van der Waals surface area contributed by atoms with Gasteiger partial charge in [-0.2, -0.15) is 0 Å². The summed E-state index contributed by atoms with van der Waals surface area (Å²) in [6.07, 6.45) is 8.01. The highest BCUT2D eigenvalue weighted by atomic mass is 16.5. The van der Waals surface area contributed by atoms with E-state index in [1.54, 1.807) is 7.05 Å². The van der Waals surface area contributed by atoms with Crippen LogP contribution in [0.5, 0.6) is 0 Å². The average Bonchev–Trinajstić information content (AvgIpc) is 3.10. The molecular weight excluding hydrogens is 314 g/mol. The zero-order chi connectivity index (χ0) is 17.5. The Morgan fingerprint density at radius 1 is 1.28 bits per heavy atom. The summed E-state index contributed by atoms with van der Waals surface area (Å²) in [5.41, 5.74) is 1.15. The van der Waals surface area contributed by atoms with Gasteiger partial charge in [0.15, 0.2) is 5.96 Å². The number of aromatic nitrogens is 1. The van der Waals surface area contributed by atoms with Crippen molar-refractivity contribution in [3.63, 3.8) is 0 Å². The molecule has 0 aromatic carbocycles. The van der Waals surface area contributed by atoms with Crippen molar-refractivity contribution in [2.45, 2.75) is 51.2 Å². The molecule has 138 valence electrons. The zero-order valence-electron chi connectivity index (χ0n) is 15.6. The first-order valence-electron chi connectivity index (χ1n) is 9.47. The fraction of sp³-hybridized carbons (Fsp3) is 0.684. The van der Waals surface area contributed by atoms with Crippen molar-refractivity contribution in [2.24, 2.45) is 4.99 Å². The van der Waals surface area contributed by atoms with Gasteiger partial charge < -0.3 is 20.3 Å². The van der Waals surface area contributed by atoms with E-state index in [4.69, 9.17) is 4.74 Å². The van der Waals surface area contributed by atoms with Gasteiger partial charge in [0.1, 0.15) is 5.82 Å². The van der Waals surface area contributed by atoms with Crippen molar-refractivity contribution in [3.05, 3.63) is 23.9 Å². The maximum atomic E-state index is 5.82. The summed E-state index contributed by atoms with van der Waals surface area (Å²) < 4.78 is 5.82. The van der Waals surface area contributed by atoms with Gasteiger partial charge in [-0.3, -0.25) is 4.99 Å². The van der Waals surface area contributed by atoms with Crippen LogP contribution in [0.3, 0.4) is 0 Å². The molecule has 1 aromatic rings. The highest BCUT2D eigenvalue weighted by Crippen LogP contribution is 2.23. The molecule has 1 atom stereocenters. The lowest BCUT2D eigenvalue weighted by Crippen LogP contribution is -2.45. The summed E-state index contributed by atoms with van der Waals surface area (Å²) in [7, 11) is 1.80. The normalized spacial score (nSPS) is 24.4. The van der Waals surface area contributed by atoms with Crippen molar-refractivity contribution >= 4 is 11.8 Å². The Hall–Kier alpha value is -1.82. The van der Waals surface area contributed by atoms with E-state index in [0.29, 0.717) is 0 Å². The summed E-state index contributed by atoms with van der Waals surface area (Å²) in [6.45, 7) is 6.77. The molecule has 0 radical (unpaired) electrons. The molecule has 3 rings (SSSR count). The van der Waals surface area contributed by atoms with Gasteiger partial charge in [0, 0.05) is 46.0 Å². The predicted molar refractivity (Wildman–Crippen MR) is 102 cm³/mol. The number of pyridine rings is 1. The number of rotatable bonds is 5. The number of aliphatic imine (C=N–C) groups is 1. The van der Waals surface area contributed by atoms with E-state index in [2.05, 4.69) is 44.6 Å². The van der Waals surface area contributed by atoms with Gasteiger partial charge in [0.2, 0.25) is 0 Å². The second-order valence-corrected chi connectivity index (χ2v) is 7.25. The minimum absolute atomic E-state index is 0.0737. The molecule has 1 aromatic heterocycles. The fourth-order valence-corrected chi connectivity index (χ4v) is 3.52. The van der Waals surface area contributed by atoms with Crippen molar-refractivity contribution < 1.29 is 4.74 Å². The minimum atomic E-state index is -0.0737. The highest BCUT2D eigenvalue weighted by Gasteiger charge is 2.29. The number of hydrogen-bond acceptors (Lipinski definition) is 4.